The van der Waals surface area contributed by atoms with Crippen LogP contribution in [0.3, 0.4) is 0 Å². The summed E-state index contributed by atoms with van der Waals surface area (Å²) in [4.78, 5) is 2.40. The third kappa shape index (κ3) is 2.53. The third-order valence-corrected chi connectivity index (χ3v) is 8.50. The van der Waals surface area contributed by atoms with Crippen LogP contribution in [0.1, 0.15) is 47.0 Å². The van der Waals surface area contributed by atoms with Crippen LogP contribution in [0.2, 0.25) is 0 Å². The topological polar surface area (TPSA) is 40.2 Å². The van der Waals surface area contributed by atoms with Crippen molar-refractivity contribution >= 4 is 7.51 Å². The van der Waals surface area contributed by atoms with E-state index in [9.17, 15) is 0 Å². The number of likely N-dealkylation sites (tertiary alicyclic amines) is 1. The molecule has 4 atom stereocenters. The Balaban J connectivity index is 1.85. The average molecular weight is 305 g/mol. The van der Waals surface area contributed by atoms with Gasteiger partial charge in [0.2, 0.25) is 0 Å². The first-order valence-electron chi connectivity index (χ1n) is 7.91. The van der Waals surface area contributed by atoms with Gasteiger partial charge in [-0.15, -0.1) is 0 Å². The van der Waals surface area contributed by atoms with Crippen molar-refractivity contribution in [3.05, 3.63) is 0 Å². The molecule has 3 aliphatic rings. The van der Waals surface area contributed by atoms with Gasteiger partial charge in [0.05, 0.1) is 0 Å². The van der Waals surface area contributed by atoms with Gasteiger partial charge >= 0.3 is 121 Å². The number of nitrogens with zero attached hydrogens (tertiary/aromatic N) is 1. The van der Waals surface area contributed by atoms with Crippen LogP contribution >= 0.6 is 7.51 Å². The number of hydrogen-bond acceptors (Lipinski definition) is 5. The van der Waals surface area contributed by atoms with Crippen LogP contribution < -0.4 is 0 Å². The van der Waals surface area contributed by atoms with E-state index >= 15 is 0 Å². The maximum atomic E-state index is 6.28. The van der Waals surface area contributed by atoms with Gasteiger partial charge in [0.1, 0.15) is 0 Å². The van der Waals surface area contributed by atoms with Gasteiger partial charge in [-0.3, -0.25) is 0 Å². The predicted molar refractivity (Wildman–Crippen MR) is 79.4 cm³/mol. The number of rotatable bonds is 2. The van der Waals surface area contributed by atoms with Gasteiger partial charge in [-0.1, -0.05) is 0 Å². The monoisotopic (exact) mass is 305 g/mol. The van der Waals surface area contributed by atoms with Gasteiger partial charge in [0.15, 0.2) is 0 Å². The van der Waals surface area contributed by atoms with Gasteiger partial charge in [0.25, 0.3) is 0 Å². The Morgan fingerprint density at radius 3 is 1.55 bits per heavy atom. The zero-order valence-electron chi connectivity index (χ0n) is 13.1. The Morgan fingerprint density at radius 1 is 0.750 bits per heavy atom. The van der Waals surface area contributed by atoms with E-state index in [4.69, 9.17) is 18.1 Å². The van der Waals surface area contributed by atoms with E-state index in [1.54, 1.807) is 0 Å². The van der Waals surface area contributed by atoms with Crippen LogP contribution in [0.4, 0.5) is 0 Å². The maximum absolute atomic E-state index is 6.28. The molecule has 3 saturated heterocycles. The van der Waals surface area contributed by atoms with E-state index < -0.39 is 7.51 Å². The summed E-state index contributed by atoms with van der Waals surface area (Å²) < 4.78 is 25.1. The molecular weight excluding hydrogens is 277 g/mol. The summed E-state index contributed by atoms with van der Waals surface area (Å²) in [5.41, 5.74) is 0. The van der Waals surface area contributed by atoms with Gasteiger partial charge in [-0.05, 0) is 0 Å². The van der Waals surface area contributed by atoms with Crippen molar-refractivity contribution in [1.82, 2.24) is 4.90 Å². The quantitative estimate of drug-likeness (QED) is 0.732. The molecule has 0 aromatic carbocycles. The molecule has 5 nitrogen and oxygen atoms in total. The zero-order chi connectivity index (χ0) is 14.4. The van der Waals surface area contributed by atoms with E-state index in [1.165, 1.54) is 19.3 Å². The first-order chi connectivity index (χ1) is 9.41. The van der Waals surface area contributed by atoms with Crippen LogP contribution in [0, 0.1) is 0 Å². The first-order valence-corrected chi connectivity index (χ1v) is 10.0. The summed E-state index contributed by atoms with van der Waals surface area (Å²) in [7, 11) is -3.42. The second-order valence-electron chi connectivity index (χ2n) is 6.53. The van der Waals surface area contributed by atoms with Gasteiger partial charge < -0.3 is 0 Å². The van der Waals surface area contributed by atoms with Crippen molar-refractivity contribution in [2.24, 2.45) is 0 Å². The Kier molecular flexibility index (Phi) is 3.90. The van der Waals surface area contributed by atoms with Gasteiger partial charge in [-0.25, -0.2) is 0 Å². The molecule has 20 heavy (non-hydrogen) atoms. The molecule has 0 N–H and O–H groups in total. The second-order valence-corrected chi connectivity index (χ2v) is 9.58. The standard InChI is InChI=1S/C14H28NO4P/c1-11-12(2)17-20(16-11,18-13(3)14(4)19-20)10-15-8-6-5-7-9-15/h11-14H,5-10H2,1-4H3/t11-,12-,13+,14+. The van der Waals surface area contributed by atoms with Crippen molar-refractivity contribution < 1.29 is 18.1 Å². The molecule has 3 fully saturated rings. The van der Waals surface area contributed by atoms with Crippen LogP contribution in [0.15, 0.2) is 0 Å². The van der Waals surface area contributed by atoms with Gasteiger partial charge in [-0.2, -0.15) is 0 Å². The Labute approximate surface area is 122 Å². The van der Waals surface area contributed by atoms with Crippen molar-refractivity contribution in [3.63, 3.8) is 0 Å². The van der Waals surface area contributed by atoms with E-state index in [1.807, 2.05) is 27.7 Å². The molecule has 0 aromatic heterocycles. The molecule has 0 bridgehead atoms. The summed E-state index contributed by atoms with van der Waals surface area (Å²) in [5.74, 6) is 0. The van der Waals surface area contributed by atoms with Crippen LogP contribution in [0.25, 0.3) is 0 Å². The molecule has 3 rings (SSSR count). The van der Waals surface area contributed by atoms with E-state index in [2.05, 4.69) is 4.90 Å². The summed E-state index contributed by atoms with van der Waals surface area (Å²) in [5, 5.41) is 0. The van der Waals surface area contributed by atoms with Gasteiger partial charge in [0, 0.05) is 0 Å². The fourth-order valence-electron chi connectivity index (χ4n) is 3.34. The van der Waals surface area contributed by atoms with Crippen molar-refractivity contribution in [1.29, 1.82) is 0 Å². The minimum absolute atomic E-state index is 0.0231. The minimum atomic E-state index is -3.42. The van der Waals surface area contributed by atoms with E-state index in [0.717, 1.165) is 13.1 Å². The first kappa shape index (κ1) is 15.1. The second kappa shape index (κ2) is 5.15. The summed E-state index contributed by atoms with van der Waals surface area (Å²) in [6.07, 6.45) is 4.55. The van der Waals surface area contributed by atoms with Crippen LogP contribution in [-0.2, 0) is 18.1 Å². The summed E-state index contributed by atoms with van der Waals surface area (Å²) in [6, 6.07) is 0. The Hall–Kier alpha value is 0.230. The van der Waals surface area contributed by atoms with Crippen LogP contribution in [0.5, 0.6) is 0 Å². The average Bonchev–Trinajstić information content (AvgIpc) is 2.75. The number of piperidine rings is 1. The predicted octanol–water partition coefficient (Wildman–Crippen LogP) is 3.29. The SMILES string of the molecule is C[C@@H]1OP2(CN3CCCCC3)(O[C@H]1C)O[C@H](C)[C@@H](C)O2. The molecule has 0 aromatic rings. The van der Waals surface area contributed by atoms with E-state index in [-0.39, 0.29) is 24.4 Å². The summed E-state index contributed by atoms with van der Waals surface area (Å²) >= 11 is 0. The fourth-order valence-corrected chi connectivity index (χ4v) is 8.09. The zero-order valence-corrected chi connectivity index (χ0v) is 14.0. The van der Waals surface area contributed by atoms with Crippen molar-refractivity contribution in [2.45, 2.75) is 71.4 Å². The third-order valence-electron chi connectivity index (χ3n) is 4.68. The Bertz CT molecular complexity index is 323. The van der Waals surface area contributed by atoms with Crippen molar-refractivity contribution in [2.75, 3.05) is 19.4 Å². The molecule has 6 heteroatoms. The summed E-state index contributed by atoms with van der Waals surface area (Å²) in [6.45, 7) is 10.3. The number of hydrogen-bond donors (Lipinski definition) is 0. The molecular formula is C14H28NO4P. The normalized spacial score (nSPS) is 46.3. The molecule has 0 radical (unpaired) electrons. The molecule has 3 aliphatic heterocycles. The molecule has 0 amide bonds. The molecule has 0 saturated carbocycles. The molecule has 0 aliphatic carbocycles. The molecule has 118 valence electrons. The molecule has 0 unspecified atom stereocenters. The van der Waals surface area contributed by atoms with Crippen molar-refractivity contribution in [3.8, 4) is 0 Å². The molecule has 3 heterocycles. The Morgan fingerprint density at radius 2 is 1.15 bits per heavy atom. The van der Waals surface area contributed by atoms with Crippen LogP contribution in [-0.4, -0.2) is 48.7 Å². The van der Waals surface area contributed by atoms with E-state index in [0.29, 0.717) is 6.29 Å². The fraction of sp³-hybridized carbons (Fsp3) is 1.00. The molecule has 1 spiro atoms.